The highest BCUT2D eigenvalue weighted by Crippen LogP contribution is 2.31. The molecule has 0 radical (unpaired) electrons. The van der Waals surface area contributed by atoms with Crippen LogP contribution in [-0.4, -0.2) is 0 Å². The predicted molar refractivity (Wildman–Crippen MR) is 91.6 cm³/mol. The molecular formula is C18H19Cl2N. The third-order valence-corrected chi connectivity index (χ3v) is 4.93. The summed E-state index contributed by atoms with van der Waals surface area (Å²) in [5.41, 5.74) is 5.35. The summed E-state index contributed by atoms with van der Waals surface area (Å²) in [5, 5.41) is 4.84. The molecule has 0 heterocycles. The maximum atomic E-state index is 6.13. The molecule has 1 N–H and O–H groups in total. The van der Waals surface area contributed by atoms with Crippen molar-refractivity contribution in [2.75, 3.05) is 5.32 Å². The molecule has 0 aromatic heterocycles. The normalized spacial score (nSPS) is 14.8. The molecule has 0 aliphatic heterocycles. The number of fused-ring (bicyclic) bond motifs is 1. The first-order valence-electron chi connectivity index (χ1n) is 7.50. The molecule has 1 atom stereocenters. The number of benzene rings is 2. The average molecular weight is 320 g/mol. The smallest absolute Gasteiger partial charge is 0.0595 e. The molecule has 1 nitrogen and oxygen atoms in total. The van der Waals surface area contributed by atoms with Crippen LogP contribution in [0.1, 0.15) is 42.5 Å². The van der Waals surface area contributed by atoms with Gasteiger partial charge in [-0.1, -0.05) is 42.3 Å². The molecule has 1 aliphatic rings. The molecule has 1 unspecified atom stereocenters. The van der Waals surface area contributed by atoms with Crippen LogP contribution in [0.2, 0.25) is 10.0 Å². The number of aryl methyl sites for hydroxylation is 2. The van der Waals surface area contributed by atoms with Crippen molar-refractivity contribution in [2.24, 2.45) is 0 Å². The zero-order valence-corrected chi connectivity index (χ0v) is 13.6. The Hall–Kier alpha value is -1.18. The molecular weight excluding hydrogens is 301 g/mol. The topological polar surface area (TPSA) is 12.0 Å². The molecule has 0 bridgehead atoms. The van der Waals surface area contributed by atoms with Crippen molar-refractivity contribution < 1.29 is 0 Å². The molecule has 3 heteroatoms. The van der Waals surface area contributed by atoms with Crippen LogP contribution >= 0.6 is 23.2 Å². The monoisotopic (exact) mass is 319 g/mol. The standard InChI is InChI=1S/C18H19Cl2N/c1-2-18(14-7-9-16(19)17(20)11-14)21-15-8-6-12-4-3-5-13(12)10-15/h6-11,18,21H,2-5H2,1H3. The lowest BCUT2D eigenvalue weighted by Gasteiger charge is -2.20. The fraction of sp³-hybridized carbons (Fsp3) is 0.333. The van der Waals surface area contributed by atoms with E-state index in [0.29, 0.717) is 10.0 Å². The van der Waals surface area contributed by atoms with Crippen LogP contribution in [0.25, 0.3) is 0 Å². The Bertz CT molecular complexity index is 652. The lowest BCUT2D eigenvalue weighted by molar-refractivity contribution is 0.749. The van der Waals surface area contributed by atoms with E-state index in [0.717, 1.165) is 6.42 Å². The summed E-state index contributed by atoms with van der Waals surface area (Å²) in [5.74, 6) is 0. The summed E-state index contributed by atoms with van der Waals surface area (Å²) in [4.78, 5) is 0. The van der Waals surface area contributed by atoms with Gasteiger partial charge in [0, 0.05) is 5.69 Å². The van der Waals surface area contributed by atoms with E-state index in [4.69, 9.17) is 23.2 Å². The van der Waals surface area contributed by atoms with Gasteiger partial charge in [0.2, 0.25) is 0 Å². The van der Waals surface area contributed by atoms with Crippen LogP contribution in [0, 0.1) is 0 Å². The van der Waals surface area contributed by atoms with E-state index in [1.807, 2.05) is 18.2 Å². The van der Waals surface area contributed by atoms with Crippen molar-refractivity contribution in [1.29, 1.82) is 0 Å². The van der Waals surface area contributed by atoms with Gasteiger partial charge in [-0.3, -0.25) is 0 Å². The van der Waals surface area contributed by atoms with Gasteiger partial charge in [0.1, 0.15) is 0 Å². The molecule has 0 spiro atoms. The maximum absolute atomic E-state index is 6.13. The van der Waals surface area contributed by atoms with Gasteiger partial charge in [-0.25, -0.2) is 0 Å². The van der Waals surface area contributed by atoms with Gasteiger partial charge in [0.15, 0.2) is 0 Å². The van der Waals surface area contributed by atoms with Crippen molar-refractivity contribution >= 4 is 28.9 Å². The van der Waals surface area contributed by atoms with Crippen LogP contribution in [0.15, 0.2) is 36.4 Å². The Morgan fingerprint density at radius 3 is 2.57 bits per heavy atom. The fourth-order valence-corrected chi connectivity index (χ4v) is 3.32. The molecule has 21 heavy (non-hydrogen) atoms. The minimum atomic E-state index is 0.249. The van der Waals surface area contributed by atoms with E-state index in [1.54, 1.807) is 0 Å². The first kappa shape index (κ1) is 14.7. The third kappa shape index (κ3) is 3.20. The Morgan fingerprint density at radius 2 is 1.81 bits per heavy atom. The highest BCUT2D eigenvalue weighted by molar-refractivity contribution is 6.42. The predicted octanol–water partition coefficient (Wildman–Crippen LogP) is 6.05. The van der Waals surface area contributed by atoms with E-state index < -0.39 is 0 Å². The van der Waals surface area contributed by atoms with Crippen molar-refractivity contribution in [3.8, 4) is 0 Å². The molecule has 0 saturated heterocycles. The second-order valence-corrected chi connectivity index (χ2v) is 6.43. The van der Waals surface area contributed by atoms with Crippen molar-refractivity contribution in [3.63, 3.8) is 0 Å². The molecule has 110 valence electrons. The average Bonchev–Trinajstić information content (AvgIpc) is 2.95. The molecule has 0 saturated carbocycles. The van der Waals surface area contributed by atoms with Gasteiger partial charge < -0.3 is 5.32 Å². The summed E-state index contributed by atoms with van der Waals surface area (Å²) in [6, 6.07) is 12.9. The van der Waals surface area contributed by atoms with Gasteiger partial charge >= 0.3 is 0 Å². The van der Waals surface area contributed by atoms with Gasteiger partial charge in [-0.2, -0.15) is 0 Å². The molecule has 0 fully saturated rings. The quantitative estimate of drug-likeness (QED) is 0.723. The Kier molecular flexibility index (Phi) is 4.42. The zero-order valence-electron chi connectivity index (χ0n) is 12.1. The fourth-order valence-electron chi connectivity index (χ4n) is 3.01. The summed E-state index contributed by atoms with van der Waals surface area (Å²) < 4.78 is 0. The molecule has 1 aliphatic carbocycles. The van der Waals surface area contributed by atoms with Crippen LogP contribution < -0.4 is 5.32 Å². The highest BCUT2D eigenvalue weighted by Gasteiger charge is 2.14. The Morgan fingerprint density at radius 1 is 1.00 bits per heavy atom. The second-order valence-electron chi connectivity index (χ2n) is 5.62. The van der Waals surface area contributed by atoms with Gasteiger partial charge in [0.05, 0.1) is 16.1 Å². The maximum Gasteiger partial charge on any atom is 0.0595 e. The minimum absolute atomic E-state index is 0.249. The molecule has 0 amide bonds. The summed E-state index contributed by atoms with van der Waals surface area (Å²) >= 11 is 12.1. The number of hydrogen-bond acceptors (Lipinski definition) is 1. The van der Waals surface area contributed by atoms with Crippen molar-refractivity contribution in [1.82, 2.24) is 0 Å². The minimum Gasteiger partial charge on any atom is -0.378 e. The zero-order chi connectivity index (χ0) is 14.8. The highest BCUT2D eigenvalue weighted by atomic mass is 35.5. The van der Waals surface area contributed by atoms with Crippen LogP contribution in [0.5, 0.6) is 0 Å². The lowest BCUT2D eigenvalue weighted by Crippen LogP contribution is -2.10. The largest absolute Gasteiger partial charge is 0.378 e. The summed E-state index contributed by atoms with van der Waals surface area (Å²) in [6.07, 6.45) is 4.70. The van der Waals surface area contributed by atoms with Crippen LogP contribution in [0.3, 0.4) is 0 Å². The van der Waals surface area contributed by atoms with E-state index >= 15 is 0 Å². The SMILES string of the molecule is CCC(Nc1ccc2c(c1)CCC2)c1ccc(Cl)c(Cl)c1. The van der Waals surface area contributed by atoms with E-state index in [2.05, 4.69) is 30.4 Å². The summed E-state index contributed by atoms with van der Waals surface area (Å²) in [6.45, 7) is 2.17. The van der Waals surface area contributed by atoms with Gasteiger partial charge in [-0.05, 0) is 66.6 Å². The molecule has 2 aromatic rings. The van der Waals surface area contributed by atoms with Crippen LogP contribution in [0.4, 0.5) is 5.69 Å². The van der Waals surface area contributed by atoms with Crippen LogP contribution in [-0.2, 0) is 12.8 Å². The van der Waals surface area contributed by atoms with Gasteiger partial charge in [0.25, 0.3) is 0 Å². The van der Waals surface area contributed by atoms with E-state index in [1.165, 1.54) is 41.6 Å². The number of rotatable bonds is 4. The second kappa shape index (κ2) is 6.29. The Labute approximate surface area is 136 Å². The number of nitrogens with one attached hydrogen (secondary N) is 1. The van der Waals surface area contributed by atoms with Gasteiger partial charge in [-0.15, -0.1) is 0 Å². The van der Waals surface area contributed by atoms with Crippen molar-refractivity contribution in [2.45, 2.75) is 38.6 Å². The third-order valence-electron chi connectivity index (χ3n) is 4.19. The number of halogens is 2. The van der Waals surface area contributed by atoms with E-state index in [-0.39, 0.29) is 6.04 Å². The molecule has 3 rings (SSSR count). The Balaban J connectivity index is 1.82. The first-order valence-corrected chi connectivity index (χ1v) is 8.26. The summed E-state index contributed by atoms with van der Waals surface area (Å²) in [7, 11) is 0. The van der Waals surface area contributed by atoms with E-state index in [9.17, 15) is 0 Å². The molecule has 2 aromatic carbocycles. The first-order chi connectivity index (χ1) is 10.2. The van der Waals surface area contributed by atoms with Crippen molar-refractivity contribution in [3.05, 3.63) is 63.1 Å². The number of anilines is 1. The lowest BCUT2D eigenvalue weighted by atomic mass is 10.0. The number of hydrogen-bond donors (Lipinski definition) is 1.